The van der Waals surface area contributed by atoms with Crippen LogP contribution < -0.4 is 5.32 Å². The molecule has 0 atom stereocenters. The summed E-state index contributed by atoms with van der Waals surface area (Å²) in [7, 11) is 0. The molecule has 2 aliphatic rings. The van der Waals surface area contributed by atoms with E-state index in [1.54, 1.807) is 0 Å². The Hall–Kier alpha value is -1.76. The van der Waals surface area contributed by atoms with Gasteiger partial charge in [-0.25, -0.2) is 0 Å². The molecule has 0 amide bonds. The van der Waals surface area contributed by atoms with Crippen LogP contribution in [0.4, 0.5) is 11.4 Å². The molecule has 0 bridgehead atoms. The average Bonchev–Trinajstić information content (AvgIpc) is 2.35. The van der Waals surface area contributed by atoms with Crippen molar-refractivity contribution in [3.05, 3.63) is 59.7 Å². The van der Waals surface area contributed by atoms with Gasteiger partial charge in [0.2, 0.25) is 0 Å². The molecule has 0 spiro atoms. The smallest absolute Gasteiger partial charge is 0.0387 e. The fraction of sp³-hybridized carbons (Fsp3) is 0.400. The summed E-state index contributed by atoms with van der Waals surface area (Å²) >= 11 is 0. The zero-order valence-corrected chi connectivity index (χ0v) is 12.5. The third-order valence-electron chi connectivity index (χ3n) is 5.22. The van der Waals surface area contributed by atoms with E-state index in [0.717, 1.165) is 11.8 Å². The first-order chi connectivity index (χ1) is 10.4. The largest absolute Gasteiger partial charge is 0.356 e. The van der Waals surface area contributed by atoms with Gasteiger partial charge < -0.3 is 5.32 Å². The van der Waals surface area contributed by atoms with Crippen LogP contribution in [0.2, 0.25) is 0 Å². The molecule has 2 saturated carbocycles. The number of benzene rings is 2. The van der Waals surface area contributed by atoms with E-state index in [0.29, 0.717) is 0 Å². The molecule has 108 valence electrons. The van der Waals surface area contributed by atoms with Crippen LogP contribution in [-0.4, -0.2) is 0 Å². The highest BCUT2D eigenvalue weighted by Gasteiger charge is 2.20. The van der Waals surface area contributed by atoms with Crippen LogP contribution in [0.1, 0.15) is 61.5 Å². The highest BCUT2D eigenvalue weighted by molar-refractivity contribution is 5.61. The second-order valence-electron chi connectivity index (χ2n) is 6.63. The Bertz CT molecular complexity index is 568. The third kappa shape index (κ3) is 2.70. The minimum Gasteiger partial charge on any atom is -0.356 e. The average molecular weight is 277 g/mol. The van der Waals surface area contributed by atoms with Gasteiger partial charge in [-0.3, -0.25) is 0 Å². The quantitative estimate of drug-likeness (QED) is 0.726. The van der Waals surface area contributed by atoms with Crippen molar-refractivity contribution in [2.24, 2.45) is 0 Å². The van der Waals surface area contributed by atoms with Crippen molar-refractivity contribution < 1.29 is 0 Å². The van der Waals surface area contributed by atoms with Gasteiger partial charge in [0.25, 0.3) is 0 Å². The van der Waals surface area contributed by atoms with Crippen molar-refractivity contribution in [3.8, 4) is 0 Å². The summed E-state index contributed by atoms with van der Waals surface area (Å²) in [6.45, 7) is 0. The molecule has 2 fully saturated rings. The van der Waals surface area contributed by atoms with Crippen molar-refractivity contribution in [2.45, 2.75) is 50.4 Å². The normalized spacial score (nSPS) is 18.9. The number of anilines is 2. The van der Waals surface area contributed by atoms with E-state index in [4.69, 9.17) is 0 Å². The number of nitrogens with one attached hydrogen (secondary N) is 1. The predicted molar refractivity (Wildman–Crippen MR) is 89.4 cm³/mol. The predicted octanol–water partition coefficient (Wildman–Crippen LogP) is 5.97. The van der Waals surface area contributed by atoms with Crippen LogP contribution in [0.3, 0.4) is 0 Å². The minimum absolute atomic E-state index is 0.799. The van der Waals surface area contributed by atoms with Crippen LogP contribution in [-0.2, 0) is 0 Å². The van der Waals surface area contributed by atoms with Gasteiger partial charge in [0.1, 0.15) is 0 Å². The van der Waals surface area contributed by atoms with Crippen molar-refractivity contribution in [2.75, 3.05) is 5.32 Å². The highest BCUT2D eigenvalue weighted by Crippen LogP contribution is 2.38. The Morgan fingerprint density at radius 1 is 0.667 bits per heavy atom. The Morgan fingerprint density at radius 2 is 1.14 bits per heavy atom. The van der Waals surface area contributed by atoms with Gasteiger partial charge in [0.05, 0.1) is 0 Å². The van der Waals surface area contributed by atoms with Gasteiger partial charge in [-0.05, 0) is 72.9 Å². The van der Waals surface area contributed by atoms with Gasteiger partial charge in [0, 0.05) is 11.4 Å². The summed E-state index contributed by atoms with van der Waals surface area (Å²) in [6.07, 6.45) is 8.24. The summed E-state index contributed by atoms with van der Waals surface area (Å²) in [5.41, 5.74) is 5.46. The molecule has 2 aromatic rings. The molecule has 4 rings (SSSR count). The van der Waals surface area contributed by atoms with Crippen molar-refractivity contribution in [1.82, 2.24) is 0 Å². The second-order valence-corrected chi connectivity index (χ2v) is 6.63. The fourth-order valence-electron chi connectivity index (χ4n) is 3.39. The molecule has 0 heterocycles. The van der Waals surface area contributed by atoms with E-state index in [9.17, 15) is 0 Å². The number of hydrogen-bond donors (Lipinski definition) is 1. The van der Waals surface area contributed by atoms with E-state index >= 15 is 0 Å². The van der Waals surface area contributed by atoms with E-state index in [1.165, 1.54) is 61.0 Å². The molecule has 0 aliphatic heterocycles. The Morgan fingerprint density at radius 3 is 1.52 bits per heavy atom. The monoisotopic (exact) mass is 277 g/mol. The zero-order valence-electron chi connectivity index (χ0n) is 12.5. The summed E-state index contributed by atoms with van der Waals surface area (Å²) in [4.78, 5) is 0. The van der Waals surface area contributed by atoms with Crippen LogP contribution in [0.15, 0.2) is 48.5 Å². The molecule has 21 heavy (non-hydrogen) atoms. The molecular weight excluding hydrogens is 254 g/mol. The zero-order chi connectivity index (χ0) is 14.1. The maximum Gasteiger partial charge on any atom is 0.0387 e. The minimum atomic E-state index is 0.799. The van der Waals surface area contributed by atoms with Crippen LogP contribution in [0.5, 0.6) is 0 Å². The number of rotatable bonds is 4. The van der Waals surface area contributed by atoms with Crippen molar-refractivity contribution in [1.29, 1.82) is 0 Å². The molecule has 1 N–H and O–H groups in total. The van der Waals surface area contributed by atoms with Gasteiger partial charge in [-0.1, -0.05) is 37.1 Å². The Labute approximate surface area is 127 Å². The lowest BCUT2D eigenvalue weighted by atomic mass is 9.80. The first-order valence-corrected chi connectivity index (χ1v) is 8.35. The number of hydrogen-bond acceptors (Lipinski definition) is 1. The molecule has 1 nitrogen and oxygen atoms in total. The summed E-state index contributed by atoms with van der Waals surface area (Å²) in [5, 5.41) is 3.59. The molecule has 2 aliphatic carbocycles. The molecule has 0 aromatic heterocycles. The standard InChI is InChI=1S/C20H23N/c1-5-15(6-1)17-9-3-11-19(13-17)21-20-12-4-10-18(14-20)16-7-2-8-16/h3-4,9-16,21H,1-2,5-8H2. The SMILES string of the molecule is c1cc(Nc2cccc(C3CCC3)c2)cc(C2CCC2)c1. The summed E-state index contributed by atoms with van der Waals surface area (Å²) in [5.74, 6) is 1.60. The molecule has 0 saturated heterocycles. The molecule has 1 heteroatoms. The van der Waals surface area contributed by atoms with Gasteiger partial charge in [-0.2, -0.15) is 0 Å². The van der Waals surface area contributed by atoms with Gasteiger partial charge in [0.15, 0.2) is 0 Å². The highest BCUT2D eigenvalue weighted by atomic mass is 14.9. The van der Waals surface area contributed by atoms with E-state index in [2.05, 4.69) is 53.8 Å². The van der Waals surface area contributed by atoms with Gasteiger partial charge in [-0.15, -0.1) is 0 Å². The van der Waals surface area contributed by atoms with Crippen molar-refractivity contribution >= 4 is 11.4 Å². The first kappa shape index (κ1) is 12.9. The summed E-state index contributed by atoms with van der Waals surface area (Å²) < 4.78 is 0. The molecular formula is C20H23N. The maximum atomic E-state index is 3.59. The Balaban J connectivity index is 1.52. The van der Waals surface area contributed by atoms with Crippen LogP contribution >= 0.6 is 0 Å². The van der Waals surface area contributed by atoms with E-state index in [1.807, 2.05) is 0 Å². The summed E-state index contributed by atoms with van der Waals surface area (Å²) in [6, 6.07) is 18.0. The van der Waals surface area contributed by atoms with Gasteiger partial charge >= 0.3 is 0 Å². The van der Waals surface area contributed by atoms with E-state index < -0.39 is 0 Å². The molecule has 0 radical (unpaired) electrons. The second kappa shape index (κ2) is 5.55. The van der Waals surface area contributed by atoms with Crippen LogP contribution in [0.25, 0.3) is 0 Å². The fourth-order valence-corrected chi connectivity index (χ4v) is 3.39. The Kier molecular flexibility index (Phi) is 3.42. The lowest BCUT2D eigenvalue weighted by Gasteiger charge is -2.27. The van der Waals surface area contributed by atoms with Crippen molar-refractivity contribution in [3.63, 3.8) is 0 Å². The lowest BCUT2D eigenvalue weighted by Crippen LogP contribution is -2.09. The lowest BCUT2D eigenvalue weighted by molar-refractivity contribution is 0.420. The molecule has 0 unspecified atom stereocenters. The molecule has 2 aromatic carbocycles. The first-order valence-electron chi connectivity index (χ1n) is 8.35. The topological polar surface area (TPSA) is 12.0 Å². The van der Waals surface area contributed by atoms with Crippen LogP contribution in [0, 0.1) is 0 Å². The third-order valence-corrected chi connectivity index (χ3v) is 5.22. The van der Waals surface area contributed by atoms with E-state index in [-0.39, 0.29) is 0 Å². The maximum absolute atomic E-state index is 3.59.